The fourth-order valence-electron chi connectivity index (χ4n) is 1.47. The van der Waals surface area contributed by atoms with E-state index in [0.717, 1.165) is 11.3 Å². The van der Waals surface area contributed by atoms with E-state index in [-0.39, 0.29) is 18.0 Å². The zero-order chi connectivity index (χ0) is 12.1. The number of carbonyl (C=O) groups is 2. The first-order valence-corrected chi connectivity index (χ1v) is 5.30. The van der Waals surface area contributed by atoms with Gasteiger partial charge < -0.3 is 4.74 Å². The first-order valence-electron chi connectivity index (χ1n) is 5.30. The summed E-state index contributed by atoms with van der Waals surface area (Å²) in [7, 11) is 0. The molecule has 0 saturated carbocycles. The molecule has 0 bridgehead atoms. The highest BCUT2D eigenvalue weighted by molar-refractivity contribution is 6.07. The zero-order valence-corrected chi connectivity index (χ0v) is 9.87. The fourth-order valence-corrected chi connectivity index (χ4v) is 1.47. The fraction of sp³-hybridized carbons (Fsp3) is 0.385. The van der Waals surface area contributed by atoms with Gasteiger partial charge in [0.15, 0.2) is 5.78 Å². The van der Waals surface area contributed by atoms with Gasteiger partial charge in [-0.05, 0) is 44.5 Å². The Morgan fingerprint density at radius 1 is 1.31 bits per heavy atom. The highest BCUT2D eigenvalue weighted by Crippen LogP contribution is 2.19. The highest BCUT2D eigenvalue weighted by atomic mass is 16.5. The third-order valence-electron chi connectivity index (χ3n) is 2.21. The molecule has 0 aliphatic heterocycles. The van der Waals surface area contributed by atoms with Gasteiger partial charge in [0.25, 0.3) is 0 Å². The molecule has 16 heavy (non-hydrogen) atoms. The van der Waals surface area contributed by atoms with Crippen molar-refractivity contribution in [2.24, 2.45) is 0 Å². The Morgan fingerprint density at radius 2 is 2.00 bits per heavy atom. The van der Waals surface area contributed by atoms with Crippen LogP contribution in [0.15, 0.2) is 18.2 Å². The van der Waals surface area contributed by atoms with Crippen molar-refractivity contribution in [2.45, 2.75) is 27.2 Å². The molecule has 0 unspecified atom stereocenters. The topological polar surface area (TPSA) is 43.4 Å². The van der Waals surface area contributed by atoms with E-state index in [0.29, 0.717) is 12.2 Å². The van der Waals surface area contributed by atoms with Crippen LogP contribution >= 0.6 is 0 Å². The molecule has 3 nitrogen and oxygen atoms in total. The number of hydrogen-bond acceptors (Lipinski definition) is 3. The third kappa shape index (κ3) is 3.19. The van der Waals surface area contributed by atoms with Crippen LogP contribution in [0, 0.1) is 6.92 Å². The van der Waals surface area contributed by atoms with Gasteiger partial charge in [0.1, 0.15) is 11.5 Å². The zero-order valence-electron chi connectivity index (χ0n) is 9.87. The standard InChI is InChI=1S/C13H16O3/c1-4-16-13-6-5-11(7-9(13)2)12(15)8-10(3)14/h5-7H,4,8H2,1-3H3. The van der Waals surface area contributed by atoms with Gasteiger partial charge in [-0.25, -0.2) is 0 Å². The quantitative estimate of drug-likeness (QED) is 0.565. The number of ketones is 2. The Bertz CT molecular complexity index is 408. The number of aryl methyl sites for hydroxylation is 1. The summed E-state index contributed by atoms with van der Waals surface area (Å²) in [6.07, 6.45) is -0.0343. The molecule has 1 aromatic carbocycles. The van der Waals surface area contributed by atoms with Crippen molar-refractivity contribution >= 4 is 11.6 Å². The molecule has 86 valence electrons. The second-order valence-electron chi connectivity index (χ2n) is 3.72. The molecule has 0 aliphatic rings. The molecule has 3 heteroatoms. The molecule has 0 N–H and O–H groups in total. The second-order valence-corrected chi connectivity index (χ2v) is 3.72. The third-order valence-corrected chi connectivity index (χ3v) is 2.21. The first-order chi connectivity index (χ1) is 7.54. The maximum atomic E-state index is 11.6. The normalized spacial score (nSPS) is 9.94. The average Bonchev–Trinajstić information content (AvgIpc) is 2.20. The predicted molar refractivity (Wildman–Crippen MR) is 62.0 cm³/mol. The van der Waals surface area contributed by atoms with Crippen LogP contribution in [0.25, 0.3) is 0 Å². The molecule has 0 atom stereocenters. The van der Waals surface area contributed by atoms with Gasteiger partial charge in [0.05, 0.1) is 13.0 Å². The second kappa shape index (κ2) is 5.45. The van der Waals surface area contributed by atoms with Crippen molar-refractivity contribution in [3.8, 4) is 5.75 Å². The van der Waals surface area contributed by atoms with Crippen molar-refractivity contribution in [3.05, 3.63) is 29.3 Å². The maximum absolute atomic E-state index is 11.6. The molecule has 0 aromatic heterocycles. The van der Waals surface area contributed by atoms with Crippen molar-refractivity contribution in [3.63, 3.8) is 0 Å². The van der Waals surface area contributed by atoms with E-state index >= 15 is 0 Å². The van der Waals surface area contributed by atoms with Gasteiger partial charge in [-0.2, -0.15) is 0 Å². The Hall–Kier alpha value is -1.64. The lowest BCUT2D eigenvalue weighted by molar-refractivity contribution is -0.116. The molecule has 0 spiro atoms. The largest absolute Gasteiger partial charge is 0.494 e. The van der Waals surface area contributed by atoms with Crippen LogP contribution in [-0.4, -0.2) is 18.2 Å². The summed E-state index contributed by atoms with van der Waals surface area (Å²) < 4.78 is 5.37. The van der Waals surface area contributed by atoms with Gasteiger partial charge in [0, 0.05) is 5.56 Å². The molecule has 0 heterocycles. The summed E-state index contributed by atoms with van der Waals surface area (Å²) in [6.45, 7) is 5.81. The van der Waals surface area contributed by atoms with Gasteiger partial charge in [-0.3, -0.25) is 9.59 Å². The number of hydrogen-bond donors (Lipinski definition) is 0. The average molecular weight is 220 g/mol. The summed E-state index contributed by atoms with van der Waals surface area (Å²) in [5.41, 5.74) is 1.48. The van der Waals surface area contributed by atoms with Crippen LogP contribution in [0.3, 0.4) is 0 Å². The Labute approximate surface area is 95.4 Å². The number of ether oxygens (including phenoxy) is 1. The van der Waals surface area contributed by atoms with Crippen LogP contribution in [0.5, 0.6) is 5.75 Å². The lowest BCUT2D eigenvalue weighted by Crippen LogP contribution is -2.05. The SMILES string of the molecule is CCOc1ccc(C(=O)CC(C)=O)cc1C. The molecule has 0 radical (unpaired) electrons. The summed E-state index contributed by atoms with van der Waals surface area (Å²) >= 11 is 0. The minimum atomic E-state index is -0.140. The number of Topliss-reactive ketones (excluding diaryl/α,β-unsaturated/α-hetero) is 2. The van der Waals surface area contributed by atoms with E-state index in [1.807, 2.05) is 13.8 Å². The molecular formula is C13H16O3. The van der Waals surface area contributed by atoms with E-state index in [9.17, 15) is 9.59 Å². The van der Waals surface area contributed by atoms with Crippen LogP contribution in [0.4, 0.5) is 0 Å². The van der Waals surface area contributed by atoms with Crippen LogP contribution in [-0.2, 0) is 4.79 Å². The van der Waals surface area contributed by atoms with Crippen LogP contribution in [0.1, 0.15) is 36.2 Å². The van der Waals surface area contributed by atoms with Gasteiger partial charge in [-0.1, -0.05) is 0 Å². The van der Waals surface area contributed by atoms with Crippen LogP contribution < -0.4 is 4.74 Å². The summed E-state index contributed by atoms with van der Waals surface area (Å²) in [5, 5.41) is 0. The lowest BCUT2D eigenvalue weighted by Gasteiger charge is -2.08. The lowest BCUT2D eigenvalue weighted by atomic mass is 10.0. The molecular weight excluding hydrogens is 204 g/mol. The Balaban J connectivity index is 2.88. The van der Waals surface area contributed by atoms with Crippen molar-refractivity contribution in [1.82, 2.24) is 0 Å². The molecule has 1 rings (SSSR count). The van der Waals surface area contributed by atoms with Crippen LogP contribution in [0.2, 0.25) is 0 Å². The monoisotopic (exact) mass is 220 g/mol. The first kappa shape index (κ1) is 12.4. The Kier molecular flexibility index (Phi) is 4.23. The Morgan fingerprint density at radius 3 is 2.50 bits per heavy atom. The molecule has 0 saturated heterocycles. The van der Waals surface area contributed by atoms with Crippen molar-refractivity contribution < 1.29 is 14.3 Å². The van der Waals surface area contributed by atoms with E-state index < -0.39 is 0 Å². The number of carbonyl (C=O) groups excluding carboxylic acids is 2. The highest BCUT2D eigenvalue weighted by Gasteiger charge is 2.10. The summed E-state index contributed by atoms with van der Waals surface area (Å²) in [5.74, 6) is 0.525. The number of benzene rings is 1. The maximum Gasteiger partial charge on any atom is 0.170 e. The van der Waals surface area contributed by atoms with Gasteiger partial charge in [0.2, 0.25) is 0 Å². The van der Waals surface area contributed by atoms with Gasteiger partial charge >= 0.3 is 0 Å². The number of rotatable bonds is 5. The minimum Gasteiger partial charge on any atom is -0.494 e. The molecule has 0 aliphatic carbocycles. The predicted octanol–water partition coefficient (Wildman–Crippen LogP) is 2.56. The summed E-state index contributed by atoms with van der Waals surface area (Å²) in [6, 6.07) is 5.23. The van der Waals surface area contributed by atoms with E-state index in [2.05, 4.69) is 0 Å². The minimum absolute atomic E-state index is 0.0343. The molecule has 0 fully saturated rings. The van der Waals surface area contributed by atoms with E-state index in [1.165, 1.54) is 6.92 Å². The van der Waals surface area contributed by atoms with E-state index in [1.54, 1.807) is 18.2 Å². The van der Waals surface area contributed by atoms with E-state index in [4.69, 9.17) is 4.74 Å². The van der Waals surface area contributed by atoms with Gasteiger partial charge in [-0.15, -0.1) is 0 Å². The molecule has 1 aromatic rings. The summed E-state index contributed by atoms with van der Waals surface area (Å²) in [4.78, 5) is 22.5. The van der Waals surface area contributed by atoms with Crippen molar-refractivity contribution in [1.29, 1.82) is 0 Å². The van der Waals surface area contributed by atoms with Crippen molar-refractivity contribution in [2.75, 3.05) is 6.61 Å². The molecule has 0 amide bonds. The smallest absolute Gasteiger partial charge is 0.170 e.